The maximum atomic E-state index is 11.8. The Hall–Kier alpha value is -2.41. The van der Waals surface area contributed by atoms with Crippen LogP contribution in [0.4, 0.5) is 5.69 Å². The second-order valence-electron chi connectivity index (χ2n) is 4.53. The van der Waals surface area contributed by atoms with Crippen LogP contribution in [0.2, 0.25) is 0 Å². The van der Waals surface area contributed by atoms with Crippen molar-refractivity contribution in [3.63, 3.8) is 0 Å². The summed E-state index contributed by atoms with van der Waals surface area (Å²) in [6.45, 7) is 1.86. The Morgan fingerprint density at radius 1 is 1.43 bits per heavy atom. The van der Waals surface area contributed by atoms with E-state index in [4.69, 9.17) is 10.8 Å². The highest BCUT2D eigenvalue weighted by Gasteiger charge is 2.14. The number of rotatable bonds is 5. The van der Waals surface area contributed by atoms with E-state index >= 15 is 0 Å². The number of nitrogens with two attached hydrogens (primary N) is 1. The molecule has 0 atom stereocenters. The molecule has 110 valence electrons. The number of thiazole rings is 1. The fourth-order valence-corrected chi connectivity index (χ4v) is 2.69. The molecule has 0 aliphatic rings. The smallest absolute Gasteiger partial charge is 0.347 e. The number of nitrogen functional groups attached to an aromatic ring is 1. The normalized spacial score (nSPS) is 10.3. The number of carboxylic acids is 1. The Morgan fingerprint density at radius 3 is 2.81 bits per heavy atom. The molecule has 2 rings (SSSR count). The number of hydrogen-bond donors (Lipinski definition) is 3. The molecule has 0 saturated carbocycles. The van der Waals surface area contributed by atoms with Gasteiger partial charge < -0.3 is 16.2 Å². The topological polar surface area (TPSA) is 105 Å². The number of nitrogens with zero attached hydrogens (tertiary/aromatic N) is 1. The van der Waals surface area contributed by atoms with E-state index in [-0.39, 0.29) is 23.7 Å². The largest absolute Gasteiger partial charge is 0.477 e. The van der Waals surface area contributed by atoms with E-state index in [0.717, 1.165) is 16.9 Å². The van der Waals surface area contributed by atoms with Crippen molar-refractivity contribution in [2.24, 2.45) is 0 Å². The van der Waals surface area contributed by atoms with Gasteiger partial charge in [-0.1, -0.05) is 12.1 Å². The lowest BCUT2D eigenvalue weighted by atomic mass is 10.1. The molecule has 0 saturated heterocycles. The molecular formula is C14H15N3O3S. The van der Waals surface area contributed by atoms with E-state index < -0.39 is 5.97 Å². The molecule has 4 N–H and O–H groups in total. The van der Waals surface area contributed by atoms with Gasteiger partial charge in [-0.05, 0) is 24.6 Å². The van der Waals surface area contributed by atoms with Gasteiger partial charge in [0.15, 0.2) is 0 Å². The van der Waals surface area contributed by atoms with Gasteiger partial charge in [-0.15, -0.1) is 11.3 Å². The van der Waals surface area contributed by atoms with Crippen LogP contribution in [-0.4, -0.2) is 22.0 Å². The zero-order valence-electron chi connectivity index (χ0n) is 11.4. The van der Waals surface area contributed by atoms with Crippen molar-refractivity contribution in [3.05, 3.63) is 45.4 Å². The number of amides is 1. The molecule has 0 fully saturated rings. The van der Waals surface area contributed by atoms with Crippen molar-refractivity contribution in [2.45, 2.75) is 19.9 Å². The number of carbonyl (C=O) groups excluding carboxylic acids is 1. The Labute approximate surface area is 125 Å². The molecular weight excluding hydrogens is 290 g/mol. The minimum atomic E-state index is -0.998. The SMILES string of the molecule is Cc1nc(CNC(=O)Cc2cccc(N)c2)sc1C(=O)O. The monoisotopic (exact) mass is 305 g/mol. The first-order valence-electron chi connectivity index (χ1n) is 6.26. The van der Waals surface area contributed by atoms with Crippen molar-refractivity contribution >= 4 is 28.9 Å². The predicted octanol–water partition coefficient (Wildman–Crippen LogP) is 1.59. The zero-order valence-corrected chi connectivity index (χ0v) is 12.2. The van der Waals surface area contributed by atoms with E-state index in [1.807, 2.05) is 6.07 Å². The van der Waals surface area contributed by atoms with Crippen molar-refractivity contribution in [2.75, 3.05) is 5.73 Å². The van der Waals surface area contributed by atoms with E-state index in [1.165, 1.54) is 0 Å². The van der Waals surface area contributed by atoms with Crippen molar-refractivity contribution < 1.29 is 14.7 Å². The van der Waals surface area contributed by atoms with Crippen LogP contribution in [0.25, 0.3) is 0 Å². The molecule has 1 aromatic carbocycles. The summed E-state index contributed by atoms with van der Waals surface area (Å²) in [7, 11) is 0. The third kappa shape index (κ3) is 4.03. The highest BCUT2D eigenvalue weighted by molar-refractivity contribution is 7.13. The Bertz CT molecular complexity index is 682. The number of benzene rings is 1. The molecule has 0 bridgehead atoms. The number of hydrogen-bond acceptors (Lipinski definition) is 5. The van der Waals surface area contributed by atoms with Crippen molar-refractivity contribution in [1.82, 2.24) is 10.3 Å². The average molecular weight is 305 g/mol. The fraction of sp³-hybridized carbons (Fsp3) is 0.214. The first kappa shape index (κ1) is 15.0. The minimum absolute atomic E-state index is 0.162. The van der Waals surface area contributed by atoms with Crippen LogP contribution in [0.15, 0.2) is 24.3 Å². The van der Waals surface area contributed by atoms with Crippen LogP contribution in [0.5, 0.6) is 0 Å². The van der Waals surface area contributed by atoms with Crippen LogP contribution in [0.3, 0.4) is 0 Å². The molecule has 7 heteroatoms. The summed E-state index contributed by atoms with van der Waals surface area (Å²) in [5, 5.41) is 12.2. The maximum Gasteiger partial charge on any atom is 0.347 e. The van der Waals surface area contributed by atoms with Crippen molar-refractivity contribution in [3.8, 4) is 0 Å². The third-order valence-corrected chi connectivity index (χ3v) is 3.93. The zero-order chi connectivity index (χ0) is 15.4. The van der Waals surface area contributed by atoms with E-state index in [1.54, 1.807) is 25.1 Å². The maximum absolute atomic E-state index is 11.8. The first-order valence-corrected chi connectivity index (χ1v) is 7.08. The highest BCUT2D eigenvalue weighted by atomic mass is 32.1. The molecule has 1 heterocycles. The molecule has 1 amide bonds. The van der Waals surface area contributed by atoms with Gasteiger partial charge in [0.2, 0.25) is 5.91 Å². The summed E-state index contributed by atoms with van der Waals surface area (Å²) in [5.41, 5.74) is 7.56. The van der Waals surface area contributed by atoms with Gasteiger partial charge in [-0.25, -0.2) is 9.78 Å². The summed E-state index contributed by atoms with van der Waals surface area (Å²) in [6.07, 6.45) is 0.223. The number of nitrogens with one attached hydrogen (secondary N) is 1. The number of carboxylic acid groups (broad SMARTS) is 1. The van der Waals surface area contributed by atoms with Gasteiger partial charge in [0.25, 0.3) is 0 Å². The first-order chi connectivity index (χ1) is 9.95. The number of anilines is 1. The highest BCUT2D eigenvalue weighted by Crippen LogP contribution is 2.17. The number of carbonyl (C=O) groups is 2. The number of aromatic carboxylic acids is 1. The molecule has 2 aromatic rings. The lowest BCUT2D eigenvalue weighted by Gasteiger charge is -2.04. The predicted molar refractivity (Wildman–Crippen MR) is 80.2 cm³/mol. The molecule has 0 radical (unpaired) electrons. The number of aromatic nitrogens is 1. The van der Waals surface area contributed by atoms with Gasteiger partial charge in [0.05, 0.1) is 18.7 Å². The molecule has 21 heavy (non-hydrogen) atoms. The van der Waals surface area contributed by atoms with Gasteiger partial charge >= 0.3 is 5.97 Å². The summed E-state index contributed by atoms with van der Waals surface area (Å²) >= 11 is 1.07. The quantitative estimate of drug-likeness (QED) is 0.727. The van der Waals surface area contributed by atoms with Crippen LogP contribution in [0, 0.1) is 6.92 Å². The van der Waals surface area contributed by atoms with Crippen LogP contribution in [-0.2, 0) is 17.8 Å². The molecule has 0 aliphatic carbocycles. The lowest BCUT2D eigenvalue weighted by molar-refractivity contribution is -0.120. The van der Waals surface area contributed by atoms with E-state index in [2.05, 4.69) is 10.3 Å². The molecule has 6 nitrogen and oxygen atoms in total. The van der Waals surface area contributed by atoms with Gasteiger partial charge in [0.1, 0.15) is 9.88 Å². The summed E-state index contributed by atoms with van der Waals surface area (Å²) in [5.74, 6) is -1.16. The minimum Gasteiger partial charge on any atom is -0.477 e. The van der Waals surface area contributed by atoms with Crippen LogP contribution in [0.1, 0.15) is 25.9 Å². The second kappa shape index (κ2) is 6.36. The molecule has 0 spiro atoms. The van der Waals surface area contributed by atoms with Crippen LogP contribution >= 0.6 is 11.3 Å². The molecule has 0 aliphatic heterocycles. The lowest BCUT2D eigenvalue weighted by Crippen LogP contribution is -2.24. The second-order valence-corrected chi connectivity index (χ2v) is 5.61. The van der Waals surface area contributed by atoms with Crippen LogP contribution < -0.4 is 11.1 Å². The molecule has 1 aromatic heterocycles. The Morgan fingerprint density at radius 2 is 2.19 bits per heavy atom. The average Bonchev–Trinajstić information content (AvgIpc) is 2.78. The van der Waals surface area contributed by atoms with E-state index in [0.29, 0.717) is 16.4 Å². The van der Waals surface area contributed by atoms with Gasteiger partial charge in [-0.2, -0.15) is 0 Å². The molecule has 0 unspecified atom stereocenters. The Balaban J connectivity index is 1.92. The van der Waals surface area contributed by atoms with Gasteiger partial charge in [0, 0.05) is 5.69 Å². The third-order valence-electron chi connectivity index (χ3n) is 2.79. The fourth-order valence-electron chi connectivity index (χ4n) is 1.85. The summed E-state index contributed by atoms with van der Waals surface area (Å²) in [6, 6.07) is 7.12. The van der Waals surface area contributed by atoms with Crippen molar-refractivity contribution in [1.29, 1.82) is 0 Å². The Kier molecular flexibility index (Phi) is 4.54. The van der Waals surface area contributed by atoms with Gasteiger partial charge in [-0.3, -0.25) is 4.79 Å². The summed E-state index contributed by atoms with van der Waals surface area (Å²) in [4.78, 5) is 27.1. The van der Waals surface area contributed by atoms with E-state index in [9.17, 15) is 9.59 Å². The number of aryl methyl sites for hydroxylation is 1. The standard InChI is InChI=1S/C14H15N3O3S/c1-8-13(14(19)20)21-12(17-8)7-16-11(18)6-9-3-2-4-10(15)5-9/h2-5H,6-7,15H2,1H3,(H,16,18)(H,19,20). The summed E-state index contributed by atoms with van der Waals surface area (Å²) < 4.78 is 0.